The third-order valence-electron chi connectivity index (χ3n) is 2.71. The van der Waals surface area contributed by atoms with Crippen LogP contribution < -0.4 is 10.5 Å². The Morgan fingerprint density at radius 3 is 2.62 bits per heavy atom. The summed E-state index contributed by atoms with van der Waals surface area (Å²) in [7, 11) is -3.84. The van der Waals surface area contributed by atoms with E-state index in [-0.39, 0.29) is 28.0 Å². The summed E-state index contributed by atoms with van der Waals surface area (Å²) < 4.78 is 31.9. The van der Waals surface area contributed by atoms with E-state index in [1.807, 2.05) is 0 Å². The normalized spacial score (nSPS) is 11.8. The van der Waals surface area contributed by atoms with Crippen molar-refractivity contribution in [2.75, 3.05) is 0 Å². The van der Waals surface area contributed by atoms with Gasteiger partial charge in [-0.1, -0.05) is 28.4 Å². The van der Waals surface area contributed by atoms with Crippen LogP contribution in [0.2, 0.25) is 10.0 Å². The molecule has 9 heteroatoms. The topological polar surface area (TPSA) is 98.2 Å². The highest BCUT2D eigenvalue weighted by molar-refractivity contribution is 7.89. The van der Waals surface area contributed by atoms with Gasteiger partial charge in [-0.25, -0.2) is 13.1 Å². The van der Waals surface area contributed by atoms with Crippen molar-refractivity contribution in [2.24, 2.45) is 5.73 Å². The molecule has 0 spiro atoms. The SMILES string of the molecule is Cc1cc(CNS(=O)(=O)c2cc(Cl)cc(CN)c2Cl)no1. The summed E-state index contributed by atoms with van der Waals surface area (Å²) in [5, 5.41) is 4.01. The lowest BCUT2D eigenvalue weighted by Gasteiger charge is -2.10. The van der Waals surface area contributed by atoms with Crippen molar-refractivity contribution in [1.29, 1.82) is 0 Å². The van der Waals surface area contributed by atoms with Crippen molar-refractivity contribution in [1.82, 2.24) is 9.88 Å². The Bertz CT molecular complexity index is 759. The van der Waals surface area contributed by atoms with Gasteiger partial charge in [0.15, 0.2) is 0 Å². The Kier molecular flexibility index (Phi) is 4.90. The van der Waals surface area contributed by atoms with Gasteiger partial charge in [-0.2, -0.15) is 0 Å². The van der Waals surface area contributed by atoms with Crippen LogP contribution in [0.1, 0.15) is 17.0 Å². The minimum atomic E-state index is -3.84. The van der Waals surface area contributed by atoms with E-state index < -0.39 is 10.0 Å². The molecule has 0 fully saturated rings. The number of nitrogens with one attached hydrogen (secondary N) is 1. The van der Waals surface area contributed by atoms with Crippen LogP contribution >= 0.6 is 23.2 Å². The number of nitrogens with two attached hydrogens (primary N) is 1. The molecule has 1 heterocycles. The Morgan fingerprint density at radius 1 is 1.33 bits per heavy atom. The maximum Gasteiger partial charge on any atom is 0.242 e. The Labute approximate surface area is 132 Å². The molecule has 0 aliphatic carbocycles. The van der Waals surface area contributed by atoms with Crippen molar-refractivity contribution in [2.45, 2.75) is 24.9 Å². The van der Waals surface area contributed by atoms with Crippen LogP contribution in [0.5, 0.6) is 0 Å². The lowest BCUT2D eigenvalue weighted by atomic mass is 10.2. The van der Waals surface area contributed by atoms with Crippen LogP contribution in [-0.2, 0) is 23.1 Å². The summed E-state index contributed by atoms with van der Waals surface area (Å²) in [5.74, 6) is 0.593. The van der Waals surface area contributed by atoms with Crippen molar-refractivity contribution >= 4 is 33.2 Å². The van der Waals surface area contributed by atoms with E-state index in [1.165, 1.54) is 12.1 Å². The molecule has 2 rings (SSSR count). The number of halogens is 2. The molecule has 6 nitrogen and oxygen atoms in total. The summed E-state index contributed by atoms with van der Waals surface area (Å²) in [6.45, 7) is 1.79. The number of rotatable bonds is 5. The zero-order valence-corrected chi connectivity index (χ0v) is 13.4. The molecule has 0 radical (unpaired) electrons. The molecular formula is C12H13Cl2N3O3S. The molecule has 114 valence electrons. The first-order valence-electron chi connectivity index (χ1n) is 5.93. The van der Waals surface area contributed by atoms with E-state index in [4.69, 9.17) is 33.5 Å². The van der Waals surface area contributed by atoms with Gasteiger partial charge in [0.25, 0.3) is 0 Å². The van der Waals surface area contributed by atoms with Gasteiger partial charge < -0.3 is 10.3 Å². The second kappa shape index (κ2) is 6.33. The first-order valence-corrected chi connectivity index (χ1v) is 8.17. The zero-order valence-electron chi connectivity index (χ0n) is 11.1. The number of hydrogen-bond acceptors (Lipinski definition) is 5. The van der Waals surface area contributed by atoms with Gasteiger partial charge in [0.1, 0.15) is 10.7 Å². The number of sulfonamides is 1. The van der Waals surface area contributed by atoms with Gasteiger partial charge in [0.05, 0.1) is 17.3 Å². The van der Waals surface area contributed by atoms with E-state index in [1.54, 1.807) is 13.0 Å². The minimum absolute atomic E-state index is 0.0134. The molecule has 3 N–H and O–H groups in total. The smallest absolute Gasteiger partial charge is 0.242 e. The lowest BCUT2D eigenvalue weighted by Crippen LogP contribution is -2.24. The van der Waals surface area contributed by atoms with Gasteiger partial charge in [0, 0.05) is 17.6 Å². The Hall–Kier alpha value is -1.12. The van der Waals surface area contributed by atoms with E-state index in [9.17, 15) is 8.42 Å². The maximum atomic E-state index is 12.3. The minimum Gasteiger partial charge on any atom is -0.361 e. The zero-order chi connectivity index (χ0) is 15.6. The molecule has 0 unspecified atom stereocenters. The molecular weight excluding hydrogens is 337 g/mol. The number of hydrogen-bond donors (Lipinski definition) is 2. The highest BCUT2D eigenvalue weighted by atomic mass is 35.5. The van der Waals surface area contributed by atoms with E-state index in [0.29, 0.717) is 17.0 Å². The average molecular weight is 350 g/mol. The maximum absolute atomic E-state index is 12.3. The number of aryl methyl sites for hydroxylation is 1. The highest BCUT2D eigenvalue weighted by Gasteiger charge is 2.21. The molecule has 1 aromatic heterocycles. The van der Waals surface area contributed by atoms with Crippen LogP contribution in [0, 0.1) is 6.92 Å². The molecule has 0 aliphatic rings. The monoisotopic (exact) mass is 349 g/mol. The third-order valence-corrected chi connectivity index (χ3v) is 4.91. The number of nitrogens with zero attached hydrogens (tertiary/aromatic N) is 1. The van der Waals surface area contributed by atoms with Crippen molar-refractivity contribution in [3.63, 3.8) is 0 Å². The van der Waals surface area contributed by atoms with Gasteiger partial charge in [-0.05, 0) is 24.6 Å². The van der Waals surface area contributed by atoms with Crippen molar-refractivity contribution in [3.8, 4) is 0 Å². The molecule has 0 amide bonds. The van der Waals surface area contributed by atoms with E-state index >= 15 is 0 Å². The molecule has 21 heavy (non-hydrogen) atoms. The van der Waals surface area contributed by atoms with Crippen LogP contribution in [0.15, 0.2) is 27.6 Å². The van der Waals surface area contributed by atoms with Gasteiger partial charge >= 0.3 is 0 Å². The third kappa shape index (κ3) is 3.75. The first kappa shape index (κ1) is 16.3. The number of aromatic nitrogens is 1. The average Bonchev–Trinajstić information content (AvgIpc) is 2.84. The fourth-order valence-electron chi connectivity index (χ4n) is 1.71. The number of benzene rings is 1. The highest BCUT2D eigenvalue weighted by Crippen LogP contribution is 2.29. The fourth-order valence-corrected chi connectivity index (χ4v) is 3.65. The summed E-state index contributed by atoms with van der Waals surface area (Å²) >= 11 is 12.0. The first-order chi connectivity index (χ1) is 9.83. The largest absolute Gasteiger partial charge is 0.361 e. The van der Waals surface area contributed by atoms with Gasteiger partial charge in [-0.15, -0.1) is 0 Å². The van der Waals surface area contributed by atoms with Crippen molar-refractivity contribution < 1.29 is 12.9 Å². The molecule has 2 aromatic rings. The van der Waals surface area contributed by atoms with E-state index in [2.05, 4.69) is 9.88 Å². The Balaban J connectivity index is 2.29. The Morgan fingerprint density at radius 2 is 2.05 bits per heavy atom. The fraction of sp³-hybridized carbons (Fsp3) is 0.250. The molecule has 1 aromatic carbocycles. The van der Waals surface area contributed by atoms with Crippen LogP contribution in [0.25, 0.3) is 0 Å². The van der Waals surface area contributed by atoms with Crippen LogP contribution in [0.4, 0.5) is 0 Å². The predicted octanol–water partition coefficient (Wildman–Crippen LogP) is 2.23. The molecule has 0 aliphatic heterocycles. The van der Waals surface area contributed by atoms with E-state index in [0.717, 1.165) is 0 Å². The van der Waals surface area contributed by atoms with Crippen LogP contribution in [-0.4, -0.2) is 13.6 Å². The predicted molar refractivity (Wildman–Crippen MR) is 79.6 cm³/mol. The quantitative estimate of drug-likeness (QED) is 0.862. The molecule has 0 bridgehead atoms. The van der Waals surface area contributed by atoms with Gasteiger partial charge in [-0.3, -0.25) is 0 Å². The molecule has 0 saturated carbocycles. The molecule has 0 atom stereocenters. The summed E-state index contributed by atoms with van der Waals surface area (Å²) in [6.07, 6.45) is 0. The second-order valence-electron chi connectivity index (χ2n) is 4.33. The summed E-state index contributed by atoms with van der Waals surface area (Å²) in [5.41, 5.74) is 6.44. The second-order valence-corrected chi connectivity index (χ2v) is 6.88. The lowest BCUT2D eigenvalue weighted by molar-refractivity contribution is 0.390. The van der Waals surface area contributed by atoms with Crippen molar-refractivity contribution in [3.05, 3.63) is 45.3 Å². The van der Waals surface area contributed by atoms with Gasteiger partial charge in [0.2, 0.25) is 10.0 Å². The summed E-state index contributed by atoms with van der Waals surface area (Å²) in [6, 6.07) is 4.44. The standard InChI is InChI=1S/C12H13Cl2N3O3S/c1-7-2-10(17-20-7)6-16-21(18,19)11-4-9(13)3-8(5-15)12(11)14/h2-4,16H,5-6,15H2,1H3. The van der Waals surface area contributed by atoms with Crippen LogP contribution in [0.3, 0.4) is 0 Å². The summed E-state index contributed by atoms with van der Waals surface area (Å²) in [4.78, 5) is -0.114. The molecule has 0 saturated heterocycles.